The summed E-state index contributed by atoms with van der Waals surface area (Å²) in [6.07, 6.45) is 2.98. The van der Waals surface area contributed by atoms with Crippen LogP contribution in [0.2, 0.25) is 0 Å². The van der Waals surface area contributed by atoms with Gasteiger partial charge in [-0.05, 0) is 50.2 Å². The van der Waals surface area contributed by atoms with Gasteiger partial charge >= 0.3 is 0 Å². The van der Waals surface area contributed by atoms with Gasteiger partial charge in [-0.1, -0.05) is 0 Å². The van der Waals surface area contributed by atoms with Crippen LogP contribution in [0.5, 0.6) is 0 Å². The largest absolute Gasteiger partial charge is 0.319 e. The average molecular weight is 230 g/mol. The monoisotopic (exact) mass is 230 g/mol. The van der Waals surface area contributed by atoms with Gasteiger partial charge in [0.15, 0.2) is 0 Å². The van der Waals surface area contributed by atoms with Crippen LogP contribution in [0.25, 0.3) is 0 Å². The Hall–Kier alpha value is -1.44. The molecule has 0 aliphatic carbocycles. The van der Waals surface area contributed by atoms with E-state index in [2.05, 4.69) is 21.3 Å². The number of aromatic nitrogens is 1. The van der Waals surface area contributed by atoms with E-state index in [1.165, 1.54) is 12.0 Å². The quantitative estimate of drug-likeness (QED) is 0.838. The fourth-order valence-corrected chi connectivity index (χ4v) is 2.40. The van der Waals surface area contributed by atoms with Crippen molar-refractivity contribution in [2.24, 2.45) is 5.92 Å². The Labute approximate surface area is 102 Å². The lowest BCUT2D eigenvalue weighted by atomic mass is 10.1. The van der Waals surface area contributed by atoms with E-state index in [1.54, 1.807) is 6.20 Å². The summed E-state index contributed by atoms with van der Waals surface area (Å²) in [6.45, 7) is 4.31. The third-order valence-electron chi connectivity index (χ3n) is 3.21. The van der Waals surface area contributed by atoms with E-state index >= 15 is 0 Å². The van der Waals surface area contributed by atoms with E-state index in [4.69, 9.17) is 5.26 Å². The molecule has 1 saturated heterocycles. The number of hydrogen-bond acceptors (Lipinski definition) is 4. The number of rotatable bonds is 4. The second-order valence-electron chi connectivity index (χ2n) is 4.61. The molecule has 0 bridgehead atoms. The summed E-state index contributed by atoms with van der Waals surface area (Å²) in [7, 11) is 2.00. The molecule has 0 saturated carbocycles. The molecule has 2 rings (SSSR count). The molecule has 17 heavy (non-hydrogen) atoms. The van der Waals surface area contributed by atoms with E-state index in [0.29, 0.717) is 5.69 Å². The number of nitriles is 1. The minimum absolute atomic E-state index is 0.508. The molecule has 0 radical (unpaired) electrons. The first-order valence-electron chi connectivity index (χ1n) is 6.04. The zero-order valence-corrected chi connectivity index (χ0v) is 10.2. The van der Waals surface area contributed by atoms with Crippen LogP contribution in [0.15, 0.2) is 18.3 Å². The lowest BCUT2D eigenvalue weighted by Crippen LogP contribution is -2.24. The van der Waals surface area contributed by atoms with Crippen LogP contribution in [-0.2, 0) is 6.54 Å². The predicted octanol–water partition coefficient (Wildman–Crippen LogP) is 0.995. The normalized spacial score (nSPS) is 20.4. The summed E-state index contributed by atoms with van der Waals surface area (Å²) in [6, 6.07) is 5.95. The van der Waals surface area contributed by atoms with Crippen molar-refractivity contribution in [2.75, 3.05) is 26.7 Å². The first-order valence-corrected chi connectivity index (χ1v) is 6.04. The summed E-state index contributed by atoms with van der Waals surface area (Å²) < 4.78 is 0. The molecular formula is C13H18N4. The van der Waals surface area contributed by atoms with Gasteiger partial charge < -0.3 is 5.32 Å². The minimum atomic E-state index is 0.508. The molecule has 1 unspecified atom stereocenters. The van der Waals surface area contributed by atoms with E-state index in [1.807, 2.05) is 19.2 Å². The highest BCUT2D eigenvalue weighted by molar-refractivity contribution is 5.25. The summed E-state index contributed by atoms with van der Waals surface area (Å²) >= 11 is 0. The molecular weight excluding hydrogens is 212 g/mol. The Balaban J connectivity index is 1.91. The fourth-order valence-electron chi connectivity index (χ4n) is 2.40. The molecule has 1 fully saturated rings. The summed E-state index contributed by atoms with van der Waals surface area (Å²) in [5.41, 5.74) is 1.69. The molecule has 1 aromatic rings. The van der Waals surface area contributed by atoms with Crippen molar-refractivity contribution in [3.05, 3.63) is 29.6 Å². The van der Waals surface area contributed by atoms with Crippen molar-refractivity contribution in [1.29, 1.82) is 5.26 Å². The first kappa shape index (κ1) is 12.0. The van der Waals surface area contributed by atoms with E-state index in [9.17, 15) is 0 Å². The van der Waals surface area contributed by atoms with Crippen LogP contribution < -0.4 is 5.32 Å². The van der Waals surface area contributed by atoms with Gasteiger partial charge in [0.2, 0.25) is 0 Å². The molecule has 1 aliphatic rings. The lowest BCUT2D eigenvalue weighted by Gasteiger charge is -2.15. The van der Waals surface area contributed by atoms with Crippen molar-refractivity contribution in [3.8, 4) is 6.07 Å². The number of hydrogen-bond donors (Lipinski definition) is 1. The highest BCUT2D eigenvalue weighted by Gasteiger charge is 2.21. The van der Waals surface area contributed by atoms with Crippen molar-refractivity contribution in [1.82, 2.24) is 15.2 Å². The van der Waals surface area contributed by atoms with Gasteiger partial charge in [-0.2, -0.15) is 5.26 Å². The lowest BCUT2D eigenvalue weighted by molar-refractivity contribution is 0.315. The number of pyridine rings is 1. The number of likely N-dealkylation sites (tertiary alicyclic amines) is 1. The Morgan fingerprint density at radius 1 is 1.65 bits per heavy atom. The average Bonchev–Trinajstić information content (AvgIpc) is 2.77. The summed E-state index contributed by atoms with van der Waals surface area (Å²) in [4.78, 5) is 6.43. The molecule has 0 spiro atoms. The number of nitrogens with zero attached hydrogens (tertiary/aromatic N) is 3. The van der Waals surface area contributed by atoms with Crippen LogP contribution in [0.1, 0.15) is 17.7 Å². The second-order valence-corrected chi connectivity index (χ2v) is 4.61. The molecule has 90 valence electrons. The maximum Gasteiger partial charge on any atom is 0.140 e. The van der Waals surface area contributed by atoms with E-state index < -0.39 is 0 Å². The van der Waals surface area contributed by atoms with Gasteiger partial charge in [-0.25, -0.2) is 4.98 Å². The highest BCUT2D eigenvalue weighted by atomic mass is 15.1. The topological polar surface area (TPSA) is 52.0 Å². The minimum Gasteiger partial charge on any atom is -0.319 e. The molecule has 1 N–H and O–H groups in total. The van der Waals surface area contributed by atoms with Crippen molar-refractivity contribution >= 4 is 0 Å². The van der Waals surface area contributed by atoms with Gasteiger partial charge in [-0.15, -0.1) is 0 Å². The van der Waals surface area contributed by atoms with Gasteiger partial charge in [0.05, 0.1) is 0 Å². The summed E-state index contributed by atoms with van der Waals surface area (Å²) in [5.74, 6) is 0.761. The zero-order chi connectivity index (χ0) is 12.1. The van der Waals surface area contributed by atoms with Gasteiger partial charge in [0.25, 0.3) is 0 Å². The van der Waals surface area contributed by atoms with Crippen molar-refractivity contribution in [3.63, 3.8) is 0 Å². The van der Waals surface area contributed by atoms with Crippen LogP contribution in [0.3, 0.4) is 0 Å². The van der Waals surface area contributed by atoms with Crippen LogP contribution >= 0.6 is 0 Å². The number of nitrogens with one attached hydrogen (secondary N) is 1. The van der Waals surface area contributed by atoms with Gasteiger partial charge in [0, 0.05) is 19.3 Å². The molecule has 0 amide bonds. The molecule has 4 heteroatoms. The molecule has 0 aromatic carbocycles. The van der Waals surface area contributed by atoms with E-state index in [-0.39, 0.29) is 0 Å². The molecule has 1 aromatic heterocycles. The highest BCUT2D eigenvalue weighted by Crippen LogP contribution is 2.17. The first-order chi connectivity index (χ1) is 8.31. The third kappa shape index (κ3) is 3.26. The SMILES string of the molecule is CNCC1CCN(Cc2ccnc(C#N)c2)C1. The molecule has 4 nitrogen and oxygen atoms in total. The Kier molecular flexibility index (Phi) is 4.08. The fraction of sp³-hybridized carbons (Fsp3) is 0.538. The van der Waals surface area contributed by atoms with Gasteiger partial charge in [-0.3, -0.25) is 4.90 Å². The van der Waals surface area contributed by atoms with E-state index in [0.717, 1.165) is 32.1 Å². The maximum atomic E-state index is 8.80. The standard InChI is InChI=1S/C13H18N4/c1-15-8-12-3-5-17(10-12)9-11-2-4-16-13(6-11)7-14/h2,4,6,12,15H,3,5,8-10H2,1H3. The molecule has 1 aliphatic heterocycles. The molecule has 1 atom stereocenters. The van der Waals surface area contributed by atoms with Crippen LogP contribution in [-0.4, -0.2) is 36.6 Å². The van der Waals surface area contributed by atoms with Crippen LogP contribution in [0, 0.1) is 17.2 Å². The summed E-state index contributed by atoms with van der Waals surface area (Å²) in [5, 5.41) is 12.0. The van der Waals surface area contributed by atoms with Gasteiger partial charge in [0.1, 0.15) is 11.8 Å². The Bertz CT molecular complexity index is 410. The maximum absolute atomic E-state index is 8.80. The van der Waals surface area contributed by atoms with Crippen molar-refractivity contribution < 1.29 is 0 Å². The zero-order valence-electron chi connectivity index (χ0n) is 10.2. The smallest absolute Gasteiger partial charge is 0.140 e. The predicted molar refractivity (Wildman–Crippen MR) is 66.3 cm³/mol. The molecule has 2 heterocycles. The van der Waals surface area contributed by atoms with Crippen LogP contribution in [0.4, 0.5) is 0 Å². The third-order valence-corrected chi connectivity index (χ3v) is 3.21. The van der Waals surface area contributed by atoms with Crippen molar-refractivity contribution in [2.45, 2.75) is 13.0 Å². The Morgan fingerprint density at radius 3 is 3.29 bits per heavy atom. The Morgan fingerprint density at radius 2 is 2.53 bits per heavy atom. The second kappa shape index (κ2) is 5.76.